The first-order valence-corrected chi connectivity index (χ1v) is 5.72. The molecule has 2 N–H and O–H groups in total. The number of hydrogen-bond acceptors (Lipinski definition) is 5. The molecule has 2 aromatic heterocycles. The zero-order valence-corrected chi connectivity index (χ0v) is 9.99. The van der Waals surface area contributed by atoms with E-state index in [1.54, 1.807) is 18.6 Å². The summed E-state index contributed by atoms with van der Waals surface area (Å²) in [5, 5.41) is 1.51. The molecule has 0 saturated heterocycles. The van der Waals surface area contributed by atoms with E-state index in [-0.39, 0.29) is 0 Å². The number of halogens is 1. The Hall–Kier alpha value is -1.14. The van der Waals surface area contributed by atoms with Crippen molar-refractivity contribution in [1.82, 2.24) is 15.0 Å². The van der Waals surface area contributed by atoms with Crippen molar-refractivity contribution in [2.24, 2.45) is 0 Å². The van der Waals surface area contributed by atoms with E-state index in [0.717, 1.165) is 9.50 Å². The minimum Gasteiger partial charge on any atom is -0.381 e. The third-order valence-electron chi connectivity index (χ3n) is 1.59. The summed E-state index contributed by atoms with van der Waals surface area (Å²) in [6.45, 7) is 0. The number of nitrogens with two attached hydrogens (primary N) is 1. The van der Waals surface area contributed by atoms with Gasteiger partial charge in [-0.15, -0.1) is 0 Å². The Labute approximate surface area is 99.5 Å². The predicted octanol–water partition coefficient (Wildman–Crippen LogP) is 2.37. The van der Waals surface area contributed by atoms with E-state index in [2.05, 4.69) is 30.9 Å². The number of hydrogen-bond donors (Lipinski definition) is 1. The van der Waals surface area contributed by atoms with E-state index in [9.17, 15) is 0 Å². The molecule has 0 spiro atoms. The standard InChI is InChI=1S/C9H7BrN4S/c10-6-1-2-7(14-5-6)15-9-8(11)12-3-4-13-9/h1-5H,(H2,11,12). The molecule has 0 radical (unpaired) electrons. The van der Waals surface area contributed by atoms with Gasteiger partial charge in [0.15, 0.2) is 5.82 Å². The van der Waals surface area contributed by atoms with Gasteiger partial charge in [-0.05, 0) is 39.8 Å². The molecule has 15 heavy (non-hydrogen) atoms. The fourth-order valence-electron chi connectivity index (χ4n) is 0.936. The largest absolute Gasteiger partial charge is 0.381 e. The molecule has 2 heterocycles. The van der Waals surface area contributed by atoms with Crippen LogP contribution in [0.4, 0.5) is 5.82 Å². The van der Waals surface area contributed by atoms with Gasteiger partial charge < -0.3 is 5.73 Å². The third kappa shape index (κ3) is 2.66. The number of anilines is 1. The average molecular weight is 283 g/mol. The summed E-state index contributed by atoms with van der Waals surface area (Å²) < 4.78 is 0.943. The molecule has 0 aliphatic carbocycles. The molecule has 0 atom stereocenters. The van der Waals surface area contributed by atoms with Gasteiger partial charge in [-0.3, -0.25) is 0 Å². The normalized spacial score (nSPS) is 10.2. The van der Waals surface area contributed by atoms with Crippen LogP contribution in [0.5, 0.6) is 0 Å². The number of nitrogen functional groups attached to an aromatic ring is 1. The van der Waals surface area contributed by atoms with Gasteiger partial charge in [0.2, 0.25) is 0 Å². The van der Waals surface area contributed by atoms with Gasteiger partial charge in [0.25, 0.3) is 0 Å². The second kappa shape index (κ2) is 4.59. The minimum absolute atomic E-state index is 0.423. The fraction of sp³-hybridized carbons (Fsp3) is 0. The molecule has 76 valence electrons. The zero-order chi connectivity index (χ0) is 10.7. The summed E-state index contributed by atoms with van der Waals surface area (Å²) in [5.41, 5.74) is 5.67. The summed E-state index contributed by atoms with van der Waals surface area (Å²) in [6, 6.07) is 3.81. The highest BCUT2D eigenvalue weighted by molar-refractivity contribution is 9.10. The van der Waals surface area contributed by atoms with Crippen molar-refractivity contribution in [1.29, 1.82) is 0 Å². The van der Waals surface area contributed by atoms with Crippen molar-refractivity contribution < 1.29 is 0 Å². The maximum atomic E-state index is 5.67. The number of rotatable bonds is 2. The van der Waals surface area contributed by atoms with Crippen LogP contribution in [0.2, 0.25) is 0 Å². The van der Waals surface area contributed by atoms with Crippen LogP contribution in [-0.2, 0) is 0 Å². The Morgan fingerprint density at radius 2 is 1.93 bits per heavy atom. The van der Waals surface area contributed by atoms with E-state index in [1.807, 2.05) is 12.1 Å². The van der Waals surface area contributed by atoms with E-state index in [4.69, 9.17) is 5.73 Å². The first kappa shape index (κ1) is 10.4. The Kier molecular flexibility index (Phi) is 3.17. The molecular weight excluding hydrogens is 276 g/mol. The van der Waals surface area contributed by atoms with E-state index in [1.165, 1.54) is 11.8 Å². The quantitative estimate of drug-likeness (QED) is 0.916. The molecule has 6 heteroatoms. The molecule has 4 nitrogen and oxygen atoms in total. The third-order valence-corrected chi connectivity index (χ3v) is 3.02. The molecule has 0 fully saturated rings. The van der Waals surface area contributed by atoms with E-state index < -0.39 is 0 Å². The maximum absolute atomic E-state index is 5.67. The van der Waals surface area contributed by atoms with Gasteiger partial charge in [0.05, 0.1) is 0 Å². The van der Waals surface area contributed by atoms with Crippen molar-refractivity contribution in [3.05, 3.63) is 35.2 Å². The van der Waals surface area contributed by atoms with Crippen molar-refractivity contribution in [2.45, 2.75) is 10.1 Å². The Morgan fingerprint density at radius 3 is 2.60 bits per heavy atom. The van der Waals surface area contributed by atoms with Crippen molar-refractivity contribution in [3.8, 4) is 0 Å². The van der Waals surface area contributed by atoms with Crippen LogP contribution in [-0.4, -0.2) is 15.0 Å². The lowest BCUT2D eigenvalue weighted by Gasteiger charge is -2.01. The second-order valence-corrected chi connectivity index (χ2v) is 4.59. The average Bonchev–Trinajstić information content (AvgIpc) is 2.25. The SMILES string of the molecule is Nc1nccnc1Sc1ccc(Br)cn1. The zero-order valence-electron chi connectivity index (χ0n) is 7.59. The van der Waals surface area contributed by atoms with Crippen LogP contribution in [0, 0.1) is 0 Å². The lowest BCUT2D eigenvalue weighted by Crippen LogP contribution is -1.94. The lowest BCUT2D eigenvalue weighted by atomic mass is 10.5. The summed E-state index contributed by atoms with van der Waals surface area (Å²) in [4.78, 5) is 12.3. The smallest absolute Gasteiger partial charge is 0.156 e. The van der Waals surface area contributed by atoms with Crippen LogP contribution in [0.1, 0.15) is 0 Å². The van der Waals surface area contributed by atoms with E-state index >= 15 is 0 Å². The first-order chi connectivity index (χ1) is 7.25. The van der Waals surface area contributed by atoms with Crippen molar-refractivity contribution in [2.75, 3.05) is 5.73 Å². The molecule has 2 aromatic rings. The molecule has 0 amide bonds. The molecule has 0 bridgehead atoms. The van der Waals surface area contributed by atoms with Crippen molar-refractivity contribution in [3.63, 3.8) is 0 Å². The molecular formula is C9H7BrN4S. The Bertz CT molecular complexity index is 460. The minimum atomic E-state index is 0.423. The fourth-order valence-corrected chi connectivity index (χ4v) is 1.88. The molecule has 2 rings (SSSR count). The number of nitrogens with zero attached hydrogens (tertiary/aromatic N) is 3. The highest BCUT2D eigenvalue weighted by atomic mass is 79.9. The second-order valence-electron chi connectivity index (χ2n) is 2.66. The maximum Gasteiger partial charge on any atom is 0.156 e. The van der Waals surface area contributed by atoms with Gasteiger partial charge in [-0.1, -0.05) is 0 Å². The molecule has 0 unspecified atom stereocenters. The van der Waals surface area contributed by atoms with Crippen LogP contribution in [0.15, 0.2) is 45.2 Å². The van der Waals surface area contributed by atoms with Gasteiger partial charge >= 0.3 is 0 Å². The summed E-state index contributed by atoms with van der Waals surface area (Å²) >= 11 is 4.71. The summed E-state index contributed by atoms with van der Waals surface area (Å²) in [5.74, 6) is 0.423. The van der Waals surface area contributed by atoms with Crippen LogP contribution < -0.4 is 5.73 Å². The van der Waals surface area contributed by atoms with Gasteiger partial charge in [0.1, 0.15) is 10.1 Å². The highest BCUT2D eigenvalue weighted by Gasteiger charge is 2.04. The van der Waals surface area contributed by atoms with Gasteiger partial charge in [-0.25, -0.2) is 15.0 Å². The molecule has 0 aliphatic heterocycles. The molecule has 0 aromatic carbocycles. The van der Waals surface area contributed by atoms with Crippen molar-refractivity contribution >= 4 is 33.5 Å². The molecule has 0 aliphatic rings. The Morgan fingerprint density at radius 1 is 1.13 bits per heavy atom. The first-order valence-electron chi connectivity index (χ1n) is 4.11. The van der Waals surface area contributed by atoms with Crippen LogP contribution >= 0.6 is 27.7 Å². The van der Waals surface area contributed by atoms with Crippen LogP contribution in [0.3, 0.4) is 0 Å². The van der Waals surface area contributed by atoms with Crippen LogP contribution in [0.25, 0.3) is 0 Å². The predicted molar refractivity (Wildman–Crippen MR) is 62.5 cm³/mol. The monoisotopic (exact) mass is 282 g/mol. The molecule has 0 saturated carbocycles. The van der Waals surface area contributed by atoms with E-state index in [0.29, 0.717) is 10.8 Å². The highest BCUT2D eigenvalue weighted by Crippen LogP contribution is 2.27. The topological polar surface area (TPSA) is 64.7 Å². The van der Waals surface area contributed by atoms with Gasteiger partial charge in [-0.2, -0.15) is 0 Å². The number of aromatic nitrogens is 3. The number of pyridine rings is 1. The summed E-state index contributed by atoms with van der Waals surface area (Å²) in [6.07, 6.45) is 4.90. The lowest BCUT2D eigenvalue weighted by molar-refractivity contribution is 1.05. The Balaban J connectivity index is 2.22. The van der Waals surface area contributed by atoms with Gasteiger partial charge in [0, 0.05) is 23.1 Å². The summed E-state index contributed by atoms with van der Waals surface area (Å²) in [7, 11) is 0.